The summed E-state index contributed by atoms with van der Waals surface area (Å²) in [5, 5.41) is 3.03. The molecule has 1 aliphatic carbocycles. The Morgan fingerprint density at radius 2 is 2.46 bits per heavy atom. The third-order valence-corrected chi connectivity index (χ3v) is 2.63. The summed E-state index contributed by atoms with van der Waals surface area (Å²) in [7, 11) is 1.36. The Kier molecular flexibility index (Phi) is 1.92. The zero-order chi connectivity index (χ0) is 9.42. The first-order valence-corrected chi connectivity index (χ1v) is 4.27. The Morgan fingerprint density at radius 1 is 1.69 bits per heavy atom. The SMILES string of the molecule is COC(=O)[C@H]1NCC2=CC(=O)CC21. The fourth-order valence-electron chi connectivity index (χ4n) is 1.98. The number of hydrogen-bond donors (Lipinski definition) is 1. The van der Waals surface area contributed by atoms with Crippen molar-refractivity contribution >= 4 is 11.8 Å². The largest absolute Gasteiger partial charge is 0.468 e. The van der Waals surface area contributed by atoms with Crippen LogP contribution in [0.1, 0.15) is 6.42 Å². The second-order valence-corrected chi connectivity index (χ2v) is 3.38. The molecule has 0 spiro atoms. The molecule has 2 rings (SSSR count). The van der Waals surface area contributed by atoms with E-state index in [1.165, 1.54) is 7.11 Å². The molecule has 1 aliphatic heterocycles. The number of fused-ring (bicyclic) bond motifs is 1. The lowest BCUT2D eigenvalue weighted by Gasteiger charge is -2.13. The van der Waals surface area contributed by atoms with Gasteiger partial charge in [-0.15, -0.1) is 0 Å². The minimum Gasteiger partial charge on any atom is -0.468 e. The van der Waals surface area contributed by atoms with Gasteiger partial charge >= 0.3 is 5.97 Å². The van der Waals surface area contributed by atoms with E-state index in [1.807, 2.05) is 0 Å². The minimum absolute atomic E-state index is 0.0416. The van der Waals surface area contributed by atoms with E-state index in [0.717, 1.165) is 5.57 Å². The van der Waals surface area contributed by atoms with E-state index in [-0.39, 0.29) is 23.7 Å². The number of ketones is 1. The molecule has 1 unspecified atom stereocenters. The Morgan fingerprint density at radius 3 is 3.15 bits per heavy atom. The summed E-state index contributed by atoms with van der Waals surface area (Å²) in [6.45, 7) is 0.635. The highest BCUT2D eigenvalue weighted by molar-refractivity contribution is 5.95. The summed E-state index contributed by atoms with van der Waals surface area (Å²) < 4.78 is 4.64. The molecule has 1 heterocycles. The minimum atomic E-state index is -0.317. The predicted molar refractivity (Wildman–Crippen MR) is 45.0 cm³/mol. The summed E-state index contributed by atoms with van der Waals surface area (Å²) in [6.07, 6.45) is 2.09. The van der Waals surface area contributed by atoms with E-state index < -0.39 is 0 Å². The molecule has 2 aliphatic rings. The molecule has 0 aromatic carbocycles. The van der Waals surface area contributed by atoms with E-state index in [0.29, 0.717) is 13.0 Å². The Balaban J connectivity index is 2.16. The van der Waals surface area contributed by atoms with Crippen molar-refractivity contribution in [2.45, 2.75) is 12.5 Å². The first kappa shape index (κ1) is 8.44. The first-order valence-electron chi connectivity index (χ1n) is 4.27. The number of allylic oxidation sites excluding steroid dienone is 1. The van der Waals surface area contributed by atoms with Crippen LogP contribution in [-0.4, -0.2) is 31.4 Å². The highest BCUT2D eigenvalue weighted by atomic mass is 16.5. The number of hydrogen-bond acceptors (Lipinski definition) is 4. The summed E-state index contributed by atoms with van der Waals surface area (Å²) in [5.74, 6) is -0.113. The fraction of sp³-hybridized carbons (Fsp3) is 0.556. The van der Waals surface area contributed by atoms with Crippen LogP contribution in [0.25, 0.3) is 0 Å². The van der Waals surface area contributed by atoms with Crippen molar-refractivity contribution in [3.05, 3.63) is 11.6 Å². The van der Waals surface area contributed by atoms with E-state index in [1.54, 1.807) is 6.08 Å². The average Bonchev–Trinajstić information content (AvgIpc) is 2.61. The molecule has 70 valence electrons. The lowest BCUT2D eigenvalue weighted by Crippen LogP contribution is -2.36. The van der Waals surface area contributed by atoms with Crippen molar-refractivity contribution in [1.82, 2.24) is 5.32 Å². The van der Waals surface area contributed by atoms with Gasteiger partial charge in [0, 0.05) is 18.9 Å². The normalized spacial score (nSPS) is 31.5. The van der Waals surface area contributed by atoms with Gasteiger partial charge in [0.1, 0.15) is 6.04 Å². The van der Waals surface area contributed by atoms with Crippen LogP contribution in [0.3, 0.4) is 0 Å². The van der Waals surface area contributed by atoms with Crippen molar-refractivity contribution < 1.29 is 14.3 Å². The average molecular weight is 181 g/mol. The van der Waals surface area contributed by atoms with Crippen LogP contribution >= 0.6 is 0 Å². The molecule has 1 saturated heterocycles. The number of esters is 1. The molecule has 0 saturated carbocycles. The maximum Gasteiger partial charge on any atom is 0.323 e. The molecule has 13 heavy (non-hydrogen) atoms. The smallest absolute Gasteiger partial charge is 0.323 e. The molecule has 4 heteroatoms. The number of methoxy groups -OCH3 is 1. The maximum absolute atomic E-state index is 11.2. The molecular formula is C9H11NO3. The van der Waals surface area contributed by atoms with Gasteiger partial charge in [-0.3, -0.25) is 9.59 Å². The van der Waals surface area contributed by atoms with Gasteiger partial charge in [0.2, 0.25) is 0 Å². The maximum atomic E-state index is 11.2. The summed E-state index contributed by atoms with van der Waals surface area (Å²) in [6, 6.07) is -0.317. The zero-order valence-electron chi connectivity index (χ0n) is 7.37. The predicted octanol–water partition coefficient (Wildman–Crippen LogP) is -0.353. The van der Waals surface area contributed by atoms with Crippen LogP contribution in [-0.2, 0) is 14.3 Å². The molecule has 4 nitrogen and oxygen atoms in total. The Bertz CT molecular complexity index is 295. The van der Waals surface area contributed by atoms with Crippen molar-refractivity contribution in [2.75, 3.05) is 13.7 Å². The van der Waals surface area contributed by atoms with Gasteiger partial charge in [-0.05, 0) is 11.6 Å². The molecule has 0 aromatic rings. The van der Waals surface area contributed by atoms with Crippen LogP contribution < -0.4 is 5.32 Å². The Labute approximate surface area is 75.9 Å². The van der Waals surface area contributed by atoms with Crippen LogP contribution in [0.15, 0.2) is 11.6 Å². The van der Waals surface area contributed by atoms with Gasteiger partial charge in [0.05, 0.1) is 7.11 Å². The monoisotopic (exact) mass is 181 g/mol. The van der Waals surface area contributed by atoms with Crippen molar-refractivity contribution in [3.63, 3.8) is 0 Å². The third kappa shape index (κ3) is 1.27. The van der Waals surface area contributed by atoms with E-state index in [2.05, 4.69) is 10.1 Å². The van der Waals surface area contributed by atoms with Gasteiger partial charge in [-0.1, -0.05) is 0 Å². The highest BCUT2D eigenvalue weighted by Gasteiger charge is 2.41. The zero-order valence-corrected chi connectivity index (χ0v) is 7.37. The highest BCUT2D eigenvalue weighted by Crippen LogP contribution is 2.31. The molecular weight excluding hydrogens is 170 g/mol. The van der Waals surface area contributed by atoms with Crippen LogP contribution in [0.5, 0.6) is 0 Å². The van der Waals surface area contributed by atoms with Crippen molar-refractivity contribution in [2.24, 2.45) is 5.92 Å². The topological polar surface area (TPSA) is 55.4 Å². The number of ether oxygens (including phenoxy) is 1. The molecule has 2 atom stereocenters. The van der Waals surface area contributed by atoms with Crippen LogP contribution in [0.2, 0.25) is 0 Å². The van der Waals surface area contributed by atoms with Crippen molar-refractivity contribution in [3.8, 4) is 0 Å². The summed E-state index contributed by atoms with van der Waals surface area (Å²) in [4.78, 5) is 22.3. The molecule has 0 aromatic heterocycles. The Hall–Kier alpha value is -1.16. The second-order valence-electron chi connectivity index (χ2n) is 3.38. The van der Waals surface area contributed by atoms with Gasteiger partial charge < -0.3 is 10.1 Å². The lowest BCUT2D eigenvalue weighted by molar-refractivity contribution is -0.143. The molecule has 0 amide bonds. The molecule has 0 bridgehead atoms. The lowest BCUT2D eigenvalue weighted by atomic mass is 9.97. The number of nitrogens with one attached hydrogen (secondary N) is 1. The third-order valence-electron chi connectivity index (χ3n) is 2.63. The van der Waals surface area contributed by atoms with Crippen molar-refractivity contribution in [1.29, 1.82) is 0 Å². The van der Waals surface area contributed by atoms with Gasteiger partial charge in [-0.2, -0.15) is 0 Å². The fourth-order valence-corrected chi connectivity index (χ4v) is 1.98. The van der Waals surface area contributed by atoms with Crippen LogP contribution in [0.4, 0.5) is 0 Å². The van der Waals surface area contributed by atoms with E-state index in [9.17, 15) is 9.59 Å². The number of rotatable bonds is 1. The second kappa shape index (κ2) is 2.96. The van der Waals surface area contributed by atoms with Gasteiger partial charge in [0.15, 0.2) is 5.78 Å². The van der Waals surface area contributed by atoms with Gasteiger partial charge in [-0.25, -0.2) is 0 Å². The first-order chi connectivity index (χ1) is 6.22. The molecule has 0 radical (unpaired) electrons. The summed E-state index contributed by atoms with van der Waals surface area (Å²) >= 11 is 0. The number of carbonyl (C=O) groups excluding carboxylic acids is 2. The standard InChI is InChI=1S/C9H11NO3/c1-13-9(12)8-7-3-6(11)2-5(7)4-10-8/h2,7-8,10H,3-4H2,1H3/t7?,8-/m0/s1. The molecule has 1 N–H and O–H groups in total. The van der Waals surface area contributed by atoms with E-state index in [4.69, 9.17) is 0 Å². The van der Waals surface area contributed by atoms with E-state index >= 15 is 0 Å². The molecule has 1 fully saturated rings. The summed E-state index contributed by atoms with van der Waals surface area (Å²) in [5.41, 5.74) is 1.04. The van der Waals surface area contributed by atoms with Gasteiger partial charge in [0.25, 0.3) is 0 Å². The quantitative estimate of drug-likeness (QED) is 0.561. The van der Waals surface area contributed by atoms with Crippen LogP contribution in [0, 0.1) is 5.92 Å². The number of carbonyl (C=O) groups is 2.